The summed E-state index contributed by atoms with van der Waals surface area (Å²) in [6, 6.07) is 8.88. The highest BCUT2D eigenvalue weighted by Gasteiger charge is 2.39. The van der Waals surface area contributed by atoms with Gasteiger partial charge in [-0.15, -0.1) is 5.06 Å². The Hall–Kier alpha value is -4.55. The van der Waals surface area contributed by atoms with Gasteiger partial charge in [-0.05, 0) is 78.1 Å². The number of nitro groups is 1. The first-order valence-corrected chi connectivity index (χ1v) is 13.8. The van der Waals surface area contributed by atoms with E-state index < -0.39 is 40.3 Å². The van der Waals surface area contributed by atoms with E-state index in [-0.39, 0.29) is 30.8 Å². The van der Waals surface area contributed by atoms with Crippen LogP contribution in [-0.2, 0) is 20.9 Å². The van der Waals surface area contributed by atoms with Crippen molar-refractivity contribution in [3.05, 3.63) is 63.2 Å². The Morgan fingerprint density at radius 2 is 1.72 bits per heavy atom. The van der Waals surface area contributed by atoms with Gasteiger partial charge in [-0.3, -0.25) is 14.9 Å². The maximum absolute atomic E-state index is 13.7. The van der Waals surface area contributed by atoms with Crippen LogP contribution in [-0.4, -0.2) is 64.5 Å². The summed E-state index contributed by atoms with van der Waals surface area (Å²) in [4.78, 5) is 57.3. The van der Waals surface area contributed by atoms with Gasteiger partial charge in [-0.2, -0.15) is 0 Å². The van der Waals surface area contributed by atoms with E-state index in [1.54, 1.807) is 65.8 Å². The highest BCUT2D eigenvalue weighted by atomic mass is 16.8. The fraction of sp³-hybridized carbons (Fsp3) is 0.500. The van der Waals surface area contributed by atoms with Crippen molar-refractivity contribution in [1.29, 1.82) is 0 Å². The standard InChI is InChI=1S/C30H39N3O10/c1-9-40-24-17-19(13-14-23(24)39-8)21(31-18-20-11-10-12-22(33(37)38)25(20)26(31)34)15-16-32(27(35)41-29(2,3)4)43-28(36)42-30(5,6)7/h10-14,17,21H,9,15-16,18H2,1-8H3. The summed E-state index contributed by atoms with van der Waals surface area (Å²) < 4.78 is 21.8. The van der Waals surface area contributed by atoms with Crippen LogP contribution in [0.3, 0.4) is 0 Å². The molecule has 0 radical (unpaired) electrons. The van der Waals surface area contributed by atoms with Crippen molar-refractivity contribution in [2.75, 3.05) is 20.3 Å². The third-order valence-corrected chi connectivity index (χ3v) is 6.17. The van der Waals surface area contributed by atoms with Gasteiger partial charge in [-0.25, -0.2) is 9.59 Å². The van der Waals surface area contributed by atoms with Gasteiger partial charge in [0.1, 0.15) is 16.8 Å². The summed E-state index contributed by atoms with van der Waals surface area (Å²) in [6.45, 7) is 12.0. The van der Waals surface area contributed by atoms with Crippen molar-refractivity contribution in [3.63, 3.8) is 0 Å². The Labute approximate surface area is 250 Å². The van der Waals surface area contributed by atoms with Crippen LogP contribution >= 0.6 is 0 Å². The van der Waals surface area contributed by atoms with E-state index in [0.717, 1.165) is 5.06 Å². The lowest BCUT2D eigenvalue weighted by Gasteiger charge is -2.31. The van der Waals surface area contributed by atoms with E-state index in [0.29, 0.717) is 29.2 Å². The third kappa shape index (κ3) is 8.49. The molecule has 0 aromatic heterocycles. The van der Waals surface area contributed by atoms with Gasteiger partial charge in [0.2, 0.25) is 0 Å². The van der Waals surface area contributed by atoms with E-state index in [2.05, 4.69) is 0 Å². The molecule has 2 amide bonds. The van der Waals surface area contributed by atoms with Crippen LogP contribution in [0.1, 0.15) is 82.4 Å². The lowest BCUT2D eigenvalue weighted by atomic mass is 10.0. The molecule has 1 aliphatic rings. The molecule has 0 aliphatic carbocycles. The molecule has 13 heteroatoms. The number of rotatable bonds is 9. The molecule has 2 aromatic rings. The first-order chi connectivity index (χ1) is 20.0. The van der Waals surface area contributed by atoms with Crippen molar-refractivity contribution in [2.45, 2.75) is 78.7 Å². The molecule has 43 heavy (non-hydrogen) atoms. The molecule has 1 heterocycles. The number of carbonyl (C=O) groups excluding carboxylic acids is 3. The van der Waals surface area contributed by atoms with Crippen molar-refractivity contribution < 1.29 is 43.1 Å². The zero-order chi connectivity index (χ0) is 32.1. The Morgan fingerprint density at radius 3 is 2.30 bits per heavy atom. The lowest BCUT2D eigenvalue weighted by molar-refractivity contribution is -0.385. The van der Waals surface area contributed by atoms with Gasteiger partial charge in [-0.1, -0.05) is 18.2 Å². The average molecular weight is 602 g/mol. The van der Waals surface area contributed by atoms with E-state index >= 15 is 0 Å². The van der Waals surface area contributed by atoms with Gasteiger partial charge in [0, 0.05) is 12.6 Å². The minimum Gasteiger partial charge on any atom is -0.493 e. The Kier molecular flexibility index (Phi) is 10.1. The number of fused-ring (bicyclic) bond motifs is 1. The molecule has 0 N–H and O–H groups in total. The molecule has 1 unspecified atom stereocenters. The van der Waals surface area contributed by atoms with Crippen molar-refractivity contribution >= 4 is 23.8 Å². The Morgan fingerprint density at radius 1 is 1.05 bits per heavy atom. The minimum absolute atomic E-state index is 0.00467. The van der Waals surface area contributed by atoms with Crippen LogP contribution in [0.25, 0.3) is 0 Å². The molecule has 0 bridgehead atoms. The van der Waals surface area contributed by atoms with Gasteiger partial charge in [0.25, 0.3) is 11.6 Å². The summed E-state index contributed by atoms with van der Waals surface area (Å²) in [5.74, 6) is 0.356. The molecule has 234 valence electrons. The number of methoxy groups -OCH3 is 1. The van der Waals surface area contributed by atoms with Crippen molar-refractivity contribution in [1.82, 2.24) is 9.96 Å². The number of hydrogen-bond donors (Lipinski definition) is 0. The Balaban J connectivity index is 2.02. The summed E-state index contributed by atoms with van der Waals surface area (Å²) in [6.07, 6.45) is -2.00. The van der Waals surface area contributed by atoms with Gasteiger partial charge in [0.15, 0.2) is 11.5 Å². The number of amides is 2. The van der Waals surface area contributed by atoms with Gasteiger partial charge in [0.05, 0.1) is 31.2 Å². The smallest absolute Gasteiger partial charge is 0.493 e. The highest BCUT2D eigenvalue weighted by Crippen LogP contribution is 2.40. The molecule has 3 rings (SSSR count). The predicted octanol–water partition coefficient (Wildman–Crippen LogP) is 6.19. The van der Waals surface area contributed by atoms with Crippen molar-refractivity contribution in [2.24, 2.45) is 0 Å². The van der Waals surface area contributed by atoms with E-state index in [9.17, 15) is 24.5 Å². The van der Waals surface area contributed by atoms with Crippen LogP contribution in [0.2, 0.25) is 0 Å². The predicted molar refractivity (Wildman–Crippen MR) is 155 cm³/mol. The maximum Gasteiger partial charge on any atom is 0.534 e. The number of hydrogen-bond acceptors (Lipinski definition) is 10. The van der Waals surface area contributed by atoms with Crippen LogP contribution in [0, 0.1) is 10.1 Å². The fourth-order valence-electron chi connectivity index (χ4n) is 4.52. The number of nitrogens with zero attached hydrogens (tertiary/aromatic N) is 3. The number of nitro benzene ring substituents is 1. The van der Waals surface area contributed by atoms with Crippen LogP contribution < -0.4 is 9.47 Å². The molecule has 0 fully saturated rings. The maximum atomic E-state index is 13.7. The van der Waals surface area contributed by atoms with E-state index in [1.807, 2.05) is 6.92 Å². The first kappa shape index (κ1) is 33.0. The van der Waals surface area contributed by atoms with Gasteiger partial charge < -0.3 is 28.7 Å². The van der Waals surface area contributed by atoms with E-state index in [1.165, 1.54) is 24.1 Å². The second-order valence-corrected chi connectivity index (χ2v) is 11.8. The second kappa shape index (κ2) is 13.2. The first-order valence-electron chi connectivity index (χ1n) is 13.8. The monoisotopic (exact) mass is 601 g/mol. The van der Waals surface area contributed by atoms with Crippen LogP contribution in [0.15, 0.2) is 36.4 Å². The molecule has 0 spiro atoms. The van der Waals surface area contributed by atoms with E-state index in [4.69, 9.17) is 23.8 Å². The minimum atomic E-state index is -1.11. The summed E-state index contributed by atoms with van der Waals surface area (Å²) in [5, 5.41) is 12.5. The normalized spacial score (nSPS) is 13.6. The number of benzene rings is 2. The molecule has 0 saturated heterocycles. The highest BCUT2D eigenvalue weighted by molar-refractivity contribution is 6.02. The lowest BCUT2D eigenvalue weighted by Crippen LogP contribution is -2.41. The summed E-state index contributed by atoms with van der Waals surface area (Å²) >= 11 is 0. The average Bonchev–Trinajstić information content (AvgIpc) is 3.22. The largest absolute Gasteiger partial charge is 0.534 e. The molecule has 1 atom stereocenters. The molecular formula is C30H39N3O10. The van der Waals surface area contributed by atoms with Gasteiger partial charge >= 0.3 is 12.2 Å². The summed E-state index contributed by atoms with van der Waals surface area (Å²) in [7, 11) is 1.50. The molecular weight excluding hydrogens is 562 g/mol. The Bertz CT molecular complexity index is 1360. The number of ether oxygens (including phenoxy) is 4. The van der Waals surface area contributed by atoms with Crippen LogP contribution in [0.5, 0.6) is 11.5 Å². The summed E-state index contributed by atoms with van der Waals surface area (Å²) in [5.41, 5.74) is -0.978. The quantitative estimate of drug-likeness (QED) is 0.185. The number of carbonyl (C=O) groups is 3. The van der Waals surface area contributed by atoms with Crippen molar-refractivity contribution in [3.8, 4) is 11.5 Å². The molecule has 2 aromatic carbocycles. The zero-order valence-corrected chi connectivity index (χ0v) is 25.8. The molecule has 0 saturated carbocycles. The number of hydroxylamine groups is 2. The SMILES string of the molecule is CCOc1cc(C(CCN(OC(=O)OC(C)(C)C)C(=O)OC(C)(C)C)N2Cc3cccc([N+](=O)[O-])c3C2=O)ccc1OC. The zero-order valence-electron chi connectivity index (χ0n) is 25.8. The fourth-order valence-corrected chi connectivity index (χ4v) is 4.52. The van der Waals surface area contributed by atoms with Crippen LogP contribution in [0.4, 0.5) is 15.3 Å². The molecule has 13 nitrogen and oxygen atoms in total. The third-order valence-electron chi connectivity index (χ3n) is 6.17. The topological polar surface area (TPSA) is 147 Å². The molecule has 1 aliphatic heterocycles. The second-order valence-electron chi connectivity index (χ2n) is 11.8.